The third kappa shape index (κ3) is 3.62. The first-order valence-corrected chi connectivity index (χ1v) is 10.3. The van der Waals surface area contributed by atoms with E-state index >= 15 is 0 Å². The van der Waals surface area contributed by atoms with Gasteiger partial charge in [-0.1, -0.05) is 59.2 Å². The molecule has 0 N–H and O–H groups in total. The van der Waals surface area contributed by atoms with Gasteiger partial charge in [0.15, 0.2) is 7.14 Å². The van der Waals surface area contributed by atoms with Gasteiger partial charge in [-0.15, -0.1) is 0 Å². The van der Waals surface area contributed by atoms with Crippen LogP contribution in [0.25, 0.3) is 11.1 Å². The van der Waals surface area contributed by atoms with Gasteiger partial charge in [-0.2, -0.15) is 0 Å². The second-order valence-corrected chi connectivity index (χ2v) is 9.89. The number of hydrogen-bond acceptors (Lipinski definition) is 2. The van der Waals surface area contributed by atoms with E-state index in [4.69, 9.17) is 0 Å². The number of benzene rings is 2. The summed E-state index contributed by atoms with van der Waals surface area (Å²) in [6.45, 7) is 3.34. The topological polar surface area (TPSA) is 34.1 Å². The van der Waals surface area contributed by atoms with Crippen LogP contribution in [0, 0.1) is 0 Å². The normalized spacial score (nSPS) is 14.7. The summed E-state index contributed by atoms with van der Waals surface area (Å²) < 4.78 is 23.8. The van der Waals surface area contributed by atoms with E-state index < -0.39 is 14.9 Å². The fourth-order valence-corrected chi connectivity index (χ4v) is 6.53. The van der Waals surface area contributed by atoms with E-state index in [0.717, 1.165) is 16.4 Å². The average Bonchev–Trinajstić information content (AvgIpc) is 2.38. The van der Waals surface area contributed by atoms with E-state index in [1.807, 2.05) is 54.6 Å². The molecule has 0 radical (unpaired) electrons. The van der Waals surface area contributed by atoms with Crippen molar-refractivity contribution in [1.82, 2.24) is 0 Å². The zero-order chi connectivity index (χ0) is 13.9. The average molecular weight is 291 g/mol. The third-order valence-corrected chi connectivity index (χ3v) is 8.13. The smallest absolute Gasteiger partial charge is 0.314 e. The molecule has 2 unspecified atom stereocenters. The second kappa shape index (κ2) is 5.82. The lowest BCUT2D eigenvalue weighted by atomic mass is 10.1. The molecule has 0 fully saturated rings. The lowest BCUT2D eigenvalue weighted by Gasteiger charge is -2.09. The number of rotatable bonds is 4. The monoisotopic (exact) mass is 291 g/mol. The first-order chi connectivity index (χ1) is 8.99. The Morgan fingerprint density at radius 2 is 1.47 bits per heavy atom. The van der Waals surface area contributed by atoms with E-state index in [-0.39, 0.29) is 5.90 Å². The van der Waals surface area contributed by atoms with Crippen molar-refractivity contribution in [3.8, 4) is 11.1 Å². The molecular weight excluding hydrogens is 274 g/mol. The van der Waals surface area contributed by atoms with Crippen LogP contribution >= 0.6 is 14.9 Å². The van der Waals surface area contributed by atoms with Gasteiger partial charge in [0.2, 0.25) is 5.90 Å². The van der Waals surface area contributed by atoms with Gasteiger partial charge in [-0.25, -0.2) is 0 Å². The molecule has 0 aliphatic rings. The maximum Gasteiger partial charge on any atom is 0.343 e. The van der Waals surface area contributed by atoms with Crippen molar-refractivity contribution in [2.45, 2.75) is 0 Å². The maximum atomic E-state index is 12.5. The predicted molar refractivity (Wildman–Crippen MR) is 83.4 cm³/mol. The van der Waals surface area contributed by atoms with E-state index in [0.29, 0.717) is 0 Å². The summed E-state index contributed by atoms with van der Waals surface area (Å²) in [6, 6.07) is 17.8. The molecule has 0 aromatic heterocycles. The SMILES string of the molecule is C[P+](=O)CP(C)(=O)c1ccc(-c2ccccc2)cc1. The zero-order valence-electron chi connectivity index (χ0n) is 11.1. The molecule has 2 rings (SSSR count). The Labute approximate surface area is 115 Å². The molecule has 0 amide bonds. The summed E-state index contributed by atoms with van der Waals surface area (Å²) in [5.41, 5.74) is 2.24. The van der Waals surface area contributed by atoms with Crippen LogP contribution in [0.4, 0.5) is 0 Å². The van der Waals surface area contributed by atoms with Gasteiger partial charge in [0.25, 0.3) is 0 Å². The summed E-state index contributed by atoms with van der Waals surface area (Å²) >= 11 is 0. The Hall–Kier alpha value is -1.23. The van der Waals surface area contributed by atoms with Crippen LogP contribution < -0.4 is 5.30 Å². The van der Waals surface area contributed by atoms with Crippen LogP contribution in [0.3, 0.4) is 0 Å². The first-order valence-electron chi connectivity index (χ1n) is 6.10. The van der Waals surface area contributed by atoms with E-state index in [1.165, 1.54) is 0 Å². The van der Waals surface area contributed by atoms with Gasteiger partial charge in [0, 0.05) is 5.30 Å². The quantitative estimate of drug-likeness (QED) is 0.783. The van der Waals surface area contributed by atoms with Gasteiger partial charge in [-0.3, -0.25) is 0 Å². The van der Waals surface area contributed by atoms with E-state index in [2.05, 4.69) is 0 Å². The van der Waals surface area contributed by atoms with Crippen molar-refractivity contribution in [3.63, 3.8) is 0 Å². The molecule has 0 bridgehead atoms. The highest BCUT2D eigenvalue weighted by Gasteiger charge is 2.26. The Kier molecular flexibility index (Phi) is 4.34. The van der Waals surface area contributed by atoms with E-state index in [9.17, 15) is 9.13 Å². The predicted octanol–water partition coefficient (Wildman–Crippen LogP) is 4.39. The maximum absolute atomic E-state index is 12.5. The van der Waals surface area contributed by atoms with Crippen LogP contribution in [0.15, 0.2) is 54.6 Å². The molecule has 0 saturated carbocycles. The lowest BCUT2D eigenvalue weighted by molar-refractivity contribution is 0.583. The van der Waals surface area contributed by atoms with Gasteiger partial charge in [0.1, 0.15) is 6.66 Å². The molecule has 0 aliphatic heterocycles. The summed E-state index contributed by atoms with van der Waals surface area (Å²) in [7, 11) is -3.87. The minimum Gasteiger partial charge on any atom is -0.314 e. The number of hydrogen-bond donors (Lipinski definition) is 0. The van der Waals surface area contributed by atoms with Gasteiger partial charge in [-0.05, 0) is 17.8 Å². The van der Waals surface area contributed by atoms with Crippen LogP contribution in [0.2, 0.25) is 0 Å². The van der Waals surface area contributed by atoms with Crippen LogP contribution in [-0.2, 0) is 9.13 Å². The molecule has 2 aromatic carbocycles. The molecule has 0 saturated heterocycles. The molecule has 0 aliphatic carbocycles. The van der Waals surface area contributed by atoms with Crippen LogP contribution in [0.5, 0.6) is 0 Å². The van der Waals surface area contributed by atoms with E-state index in [1.54, 1.807) is 13.3 Å². The van der Waals surface area contributed by atoms with Crippen molar-refractivity contribution < 1.29 is 9.13 Å². The Balaban J connectivity index is 2.29. The zero-order valence-corrected chi connectivity index (χ0v) is 12.9. The first kappa shape index (κ1) is 14.2. The second-order valence-electron chi connectivity index (χ2n) is 4.78. The summed E-state index contributed by atoms with van der Waals surface area (Å²) in [5, 5.41) is 0.803. The Bertz CT molecular complexity index is 618. The highest BCUT2D eigenvalue weighted by molar-refractivity contribution is 7.78. The highest BCUT2D eigenvalue weighted by Crippen LogP contribution is 2.47. The van der Waals surface area contributed by atoms with Gasteiger partial charge < -0.3 is 4.57 Å². The lowest BCUT2D eigenvalue weighted by Crippen LogP contribution is -2.04. The molecule has 19 heavy (non-hydrogen) atoms. The minimum atomic E-state index is -2.50. The molecular formula is C15H17O2P2+. The van der Waals surface area contributed by atoms with Crippen molar-refractivity contribution in [1.29, 1.82) is 0 Å². The fourth-order valence-electron chi connectivity index (χ4n) is 2.06. The molecule has 2 nitrogen and oxygen atoms in total. The summed E-state index contributed by atoms with van der Waals surface area (Å²) in [5.74, 6) is 0.285. The largest absolute Gasteiger partial charge is 0.343 e. The summed E-state index contributed by atoms with van der Waals surface area (Å²) in [6.07, 6.45) is 0. The summed E-state index contributed by atoms with van der Waals surface area (Å²) in [4.78, 5) is 0. The van der Waals surface area contributed by atoms with Crippen molar-refractivity contribution in [2.75, 3.05) is 19.2 Å². The van der Waals surface area contributed by atoms with Gasteiger partial charge >= 0.3 is 7.80 Å². The standard InChI is InChI=1S/C15H17O2P2/c1-18(16)12-19(2,17)15-10-8-14(9-11-15)13-6-4-3-5-7-13/h3-11H,12H2,1-2H3/q+1. The third-order valence-electron chi connectivity index (χ3n) is 2.99. The van der Waals surface area contributed by atoms with Gasteiger partial charge in [0.05, 0.1) is 0 Å². The fraction of sp³-hybridized carbons (Fsp3) is 0.200. The van der Waals surface area contributed by atoms with Crippen molar-refractivity contribution in [2.24, 2.45) is 0 Å². The highest BCUT2D eigenvalue weighted by atomic mass is 31.2. The minimum absolute atomic E-state index is 0.285. The molecule has 2 atom stereocenters. The Morgan fingerprint density at radius 1 is 0.947 bits per heavy atom. The molecule has 98 valence electrons. The van der Waals surface area contributed by atoms with Crippen LogP contribution in [-0.4, -0.2) is 19.2 Å². The van der Waals surface area contributed by atoms with Crippen molar-refractivity contribution in [3.05, 3.63) is 54.6 Å². The molecule has 0 heterocycles. The Morgan fingerprint density at radius 3 is 2.00 bits per heavy atom. The molecule has 2 aromatic rings. The van der Waals surface area contributed by atoms with Crippen LogP contribution in [0.1, 0.15) is 0 Å². The molecule has 4 heteroatoms. The molecule has 0 spiro atoms. The van der Waals surface area contributed by atoms with Crippen molar-refractivity contribution >= 4 is 20.2 Å².